The maximum Gasteiger partial charge on any atom is 0.305 e. The molecule has 0 spiro atoms. The van der Waals surface area contributed by atoms with Crippen molar-refractivity contribution in [2.45, 2.75) is 135 Å². The van der Waals surface area contributed by atoms with Crippen molar-refractivity contribution >= 4 is 17.7 Å². The zero-order chi connectivity index (χ0) is 24.1. The summed E-state index contributed by atoms with van der Waals surface area (Å²) in [5, 5.41) is 2.14. The second kappa shape index (κ2) is 20.5. The quantitative estimate of drug-likeness (QED) is 0.112. The number of esters is 1. The Morgan fingerprint density at radius 3 is 2.21 bits per heavy atom. The summed E-state index contributed by atoms with van der Waals surface area (Å²) in [7, 11) is 0. The van der Waals surface area contributed by atoms with Gasteiger partial charge in [-0.2, -0.15) is 0 Å². The van der Waals surface area contributed by atoms with Gasteiger partial charge in [-0.1, -0.05) is 90.4 Å². The van der Waals surface area contributed by atoms with Crippen molar-refractivity contribution in [2.75, 3.05) is 25.6 Å². The number of hydrogen-bond donors (Lipinski definition) is 0. The summed E-state index contributed by atoms with van der Waals surface area (Å²) in [5.74, 6) is 0.950. The average Bonchev–Trinajstić information content (AvgIpc) is 3.53. The van der Waals surface area contributed by atoms with Gasteiger partial charge in [-0.3, -0.25) is 4.79 Å². The van der Waals surface area contributed by atoms with E-state index in [4.69, 9.17) is 14.2 Å². The van der Waals surface area contributed by atoms with Gasteiger partial charge in [0.05, 0.1) is 12.5 Å². The van der Waals surface area contributed by atoms with Crippen molar-refractivity contribution in [1.29, 1.82) is 0 Å². The van der Waals surface area contributed by atoms with E-state index in [1.807, 2.05) is 11.8 Å². The molecule has 0 aromatic heterocycles. The summed E-state index contributed by atoms with van der Waals surface area (Å²) in [5.41, 5.74) is 0. The van der Waals surface area contributed by atoms with Crippen LogP contribution in [0, 0.1) is 0 Å². The zero-order valence-corrected chi connectivity index (χ0v) is 22.7. The van der Waals surface area contributed by atoms with Gasteiger partial charge in [-0.15, -0.1) is 11.8 Å². The molecule has 0 N–H and O–H groups in total. The highest BCUT2D eigenvalue weighted by Gasteiger charge is 2.26. The van der Waals surface area contributed by atoms with Crippen LogP contribution in [0.4, 0.5) is 0 Å². The molecule has 2 heterocycles. The van der Waals surface area contributed by atoms with Crippen LogP contribution in [-0.4, -0.2) is 48.9 Å². The third kappa shape index (κ3) is 15.3. The van der Waals surface area contributed by atoms with Gasteiger partial charge >= 0.3 is 5.97 Å². The lowest BCUT2D eigenvalue weighted by Crippen LogP contribution is -2.21. The fraction of sp³-hybridized carbons (Fsp3) is 0.893. The fourth-order valence-electron chi connectivity index (χ4n) is 4.54. The Bertz CT molecular complexity index is 531. The van der Waals surface area contributed by atoms with Crippen LogP contribution in [-0.2, 0) is 19.0 Å². The minimum Gasteiger partial charge on any atom is -0.463 e. The normalized spacial score (nSPS) is 19.9. The predicted octanol–water partition coefficient (Wildman–Crippen LogP) is 7.79. The van der Waals surface area contributed by atoms with Gasteiger partial charge in [0.2, 0.25) is 0 Å². The second-order valence-corrected chi connectivity index (χ2v) is 10.8. The summed E-state index contributed by atoms with van der Waals surface area (Å²) in [6.07, 6.45) is 24.2. The third-order valence-corrected chi connectivity index (χ3v) is 7.52. The molecule has 1 saturated heterocycles. The van der Waals surface area contributed by atoms with Gasteiger partial charge in [0.25, 0.3) is 0 Å². The smallest absolute Gasteiger partial charge is 0.305 e. The lowest BCUT2D eigenvalue weighted by atomic mass is 10.0. The molecule has 0 aliphatic carbocycles. The standard InChI is InChI=1S/C28H51NO4S/c1-2-3-4-5-6-7-8-9-10-11-12-13-16-19-28-32-24-26(33-28)23-31-27(30)18-15-14-17-20-29-21-22-34-25-29/h21-22,26,28H,2-20,23-25H2,1H3. The molecular formula is C28H51NO4S. The van der Waals surface area contributed by atoms with Gasteiger partial charge in [0.1, 0.15) is 12.7 Å². The third-order valence-electron chi connectivity index (χ3n) is 6.72. The van der Waals surface area contributed by atoms with E-state index in [0.29, 0.717) is 19.6 Å². The minimum atomic E-state index is -0.116. The van der Waals surface area contributed by atoms with E-state index >= 15 is 0 Å². The highest BCUT2D eigenvalue weighted by molar-refractivity contribution is 8.02. The highest BCUT2D eigenvalue weighted by Crippen LogP contribution is 2.20. The van der Waals surface area contributed by atoms with E-state index in [1.54, 1.807) is 0 Å². The Kier molecular flexibility index (Phi) is 17.8. The first-order valence-electron chi connectivity index (χ1n) is 14.2. The molecule has 2 aliphatic heterocycles. The van der Waals surface area contributed by atoms with Gasteiger partial charge in [0.15, 0.2) is 6.29 Å². The topological polar surface area (TPSA) is 48.0 Å². The summed E-state index contributed by atoms with van der Waals surface area (Å²) in [6.45, 7) is 4.22. The first-order chi connectivity index (χ1) is 16.8. The molecule has 34 heavy (non-hydrogen) atoms. The van der Waals surface area contributed by atoms with Crippen LogP contribution in [0.3, 0.4) is 0 Å². The molecule has 6 heteroatoms. The number of nitrogens with zero attached hydrogens (tertiary/aromatic N) is 1. The van der Waals surface area contributed by atoms with E-state index in [0.717, 1.165) is 44.5 Å². The molecule has 2 unspecified atom stereocenters. The number of carbonyl (C=O) groups excluding carboxylic acids is 1. The maximum atomic E-state index is 12.0. The molecule has 1 fully saturated rings. The number of carbonyl (C=O) groups is 1. The van der Waals surface area contributed by atoms with Crippen LogP contribution in [0.15, 0.2) is 11.6 Å². The van der Waals surface area contributed by atoms with Gasteiger partial charge in [-0.05, 0) is 31.1 Å². The van der Waals surface area contributed by atoms with Crippen LogP contribution in [0.25, 0.3) is 0 Å². The molecule has 198 valence electrons. The lowest BCUT2D eigenvalue weighted by Gasteiger charge is -2.14. The maximum absolute atomic E-state index is 12.0. The summed E-state index contributed by atoms with van der Waals surface area (Å²) in [6, 6.07) is 0. The van der Waals surface area contributed by atoms with Crippen molar-refractivity contribution in [3.8, 4) is 0 Å². The van der Waals surface area contributed by atoms with Crippen LogP contribution in [0.5, 0.6) is 0 Å². The van der Waals surface area contributed by atoms with Crippen LogP contribution >= 0.6 is 11.8 Å². The highest BCUT2D eigenvalue weighted by atomic mass is 32.2. The number of unbranched alkanes of at least 4 members (excludes halogenated alkanes) is 14. The molecule has 2 aliphatic rings. The van der Waals surface area contributed by atoms with E-state index in [9.17, 15) is 4.79 Å². The first kappa shape index (κ1) is 29.5. The predicted molar refractivity (Wildman–Crippen MR) is 143 cm³/mol. The number of ether oxygens (including phenoxy) is 3. The van der Waals surface area contributed by atoms with Gasteiger partial charge < -0.3 is 19.1 Å². The van der Waals surface area contributed by atoms with Gasteiger partial charge in [0, 0.05) is 19.2 Å². The zero-order valence-electron chi connectivity index (χ0n) is 21.9. The summed E-state index contributed by atoms with van der Waals surface area (Å²) >= 11 is 1.83. The Morgan fingerprint density at radius 2 is 1.56 bits per heavy atom. The molecular weight excluding hydrogens is 446 g/mol. The molecule has 0 aromatic rings. The monoisotopic (exact) mass is 497 g/mol. The molecule has 0 aromatic carbocycles. The minimum absolute atomic E-state index is 0.102. The van der Waals surface area contributed by atoms with Crippen molar-refractivity contribution in [1.82, 2.24) is 4.90 Å². The Balaban J connectivity index is 1.31. The summed E-state index contributed by atoms with van der Waals surface area (Å²) < 4.78 is 17.1. The number of hydrogen-bond acceptors (Lipinski definition) is 6. The Labute approximate surface area is 213 Å². The average molecular weight is 498 g/mol. The molecule has 0 bridgehead atoms. The molecule has 0 saturated carbocycles. The van der Waals surface area contributed by atoms with Gasteiger partial charge in [-0.25, -0.2) is 0 Å². The van der Waals surface area contributed by atoms with E-state index in [1.165, 1.54) is 77.0 Å². The van der Waals surface area contributed by atoms with Crippen LogP contribution in [0.2, 0.25) is 0 Å². The fourth-order valence-corrected chi connectivity index (χ4v) is 5.30. The Hall–Kier alpha value is -0.720. The number of rotatable bonds is 22. The molecule has 2 atom stereocenters. The molecule has 0 amide bonds. The van der Waals surface area contributed by atoms with E-state index in [-0.39, 0.29) is 18.4 Å². The largest absolute Gasteiger partial charge is 0.463 e. The molecule has 2 rings (SSSR count). The van der Waals surface area contributed by atoms with Crippen LogP contribution < -0.4 is 0 Å². The van der Waals surface area contributed by atoms with Crippen molar-refractivity contribution in [3.63, 3.8) is 0 Å². The molecule has 5 nitrogen and oxygen atoms in total. The lowest BCUT2D eigenvalue weighted by molar-refractivity contribution is -0.148. The van der Waals surface area contributed by atoms with Crippen molar-refractivity contribution in [3.05, 3.63) is 11.6 Å². The van der Waals surface area contributed by atoms with Crippen molar-refractivity contribution in [2.24, 2.45) is 0 Å². The Morgan fingerprint density at radius 1 is 0.912 bits per heavy atom. The second-order valence-electron chi connectivity index (χ2n) is 9.94. The van der Waals surface area contributed by atoms with Crippen LogP contribution in [0.1, 0.15) is 122 Å². The molecule has 0 radical (unpaired) electrons. The van der Waals surface area contributed by atoms with E-state index < -0.39 is 0 Å². The SMILES string of the molecule is CCCCCCCCCCCCCCCC1OCC(COC(=O)CCCCCN2C=CSC2)O1. The first-order valence-corrected chi connectivity index (χ1v) is 15.3. The summed E-state index contributed by atoms with van der Waals surface area (Å²) in [4.78, 5) is 14.3. The number of thioether (sulfide) groups is 1. The van der Waals surface area contributed by atoms with E-state index in [2.05, 4.69) is 23.4 Å². The van der Waals surface area contributed by atoms with Crippen molar-refractivity contribution < 1.29 is 19.0 Å².